The normalized spacial score (nSPS) is 14.4. The Morgan fingerprint density at radius 1 is 1.39 bits per heavy atom. The van der Waals surface area contributed by atoms with Crippen molar-refractivity contribution in [1.82, 2.24) is 0 Å². The van der Waals surface area contributed by atoms with Crippen molar-refractivity contribution in [1.29, 1.82) is 0 Å². The van der Waals surface area contributed by atoms with Gasteiger partial charge >= 0.3 is 0 Å². The fourth-order valence-electron chi connectivity index (χ4n) is 1.92. The third kappa shape index (κ3) is 2.56. The van der Waals surface area contributed by atoms with Crippen molar-refractivity contribution in [3.05, 3.63) is 58.8 Å². The van der Waals surface area contributed by atoms with Crippen molar-refractivity contribution in [3.8, 4) is 0 Å². The number of nitrogens with two attached hydrogens (primary N) is 1. The molecule has 1 aromatic heterocycles. The first-order valence-corrected chi connectivity index (χ1v) is 5.87. The third-order valence-electron chi connectivity index (χ3n) is 2.88. The zero-order valence-electron chi connectivity index (χ0n) is 9.51. The molecule has 0 radical (unpaired) electrons. The highest BCUT2D eigenvalue weighted by Gasteiger charge is 2.25. The van der Waals surface area contributed by atoms with Crippen LogP contribution in [0.2, 0.25) is 5.22 Å². The lowest BCUT2D eigenvalue weighted by molar-refractivity contribution is 0.146. The Bertz CT molecular complexity index is 529. The van der Waals surface area contributed by atoms with Crippen molar-refractivity contribution in [2.24, 2.45) is 5.73 Å². The van der Waals surface area contributed by atoms with Gasteiger partial charge in [0.05, 0.1) is 12.4 Å². The van der Waals surface area contributed by atoms with Gasteiger partial charge in [-0.15, -0.1) is 0 Å². The Morgan fingerprint density at radius 3 is 2.72 bits per heavy atom. The monoisotopic (exact) mass is 269 g/mol. The maximum Gasteiger partial charge on any atom is 0.198 e. The fraction of sp³-hybridized carbons (Fsp3) is 0.231. The van der Waals surface area contributed by atoms with E-state index in [9.17, 15) is 9.50 Å². The van der Waals surface area contributed by atoms with Crippen LogP contribution < -0.4 is 5.73 Å². The second-order valence-corrected chi connectivity index (χ2v) is 4.33. The zero-order valence-corrected chi connectivity index (χ0v) is 10.3. The highest BCUT2D eigenvalue weighted by molar-refractivity contribution is 6.29. The molecule has 0 amide bonds. The summed E-state index contributed by atoms with van der Waals surface area (Å²) in [6, 6.07) is 7.58. The number of hydrogen-bond acceptors (Lipinski definition) is 3. The van der Waals surface area contributed by atoms with Gasteiger partial charge in [0.25, 0.3) is 0 Å². The molecule has 2 aromatic rings. The molecule has 96 valence electrons. The predicted octanol–water partition coefficient (Wildman–Crippen LogP) is 2.85. The summed E-state index contributed by atoms with van der Waals surface area (Å²) in [6.07, 6.45) is 0.461. The summed E-state index contributed by atoms with van der Waals surface area (Å²) in [4.78, 5) is 0. The molecule has 2 atom stereocenters. The maximum absolute atomic E-state index is 13.2. The summed E-state index contributed by atoms with van der Waals surface area (Å²) in [5.41, 5.74) is 6.74. The lowest BCUT2D eigenvalue weighted by Gasteiger charge is -2.21. The van der Waals surface area contributed by atoms with Crippen molar-refractivity contribution in [3.63, 3.8) is 0 Å². The fourth-order valence-corrected chi connectivity index (χ4v) is 2.14. The number of benzene rings is 1. The highest BCUT2D eigenvalue weighted by Crippen LogP contribution is 2.34. The Kier molecular flexibility index (Phi) is 4.01. The molecule has 1 aromatic carbocycles. The molecule has 0 aliphatic rings. The quantitative estimate of drug-likeness (QED) is 0.897. The first-order chi connectivity index (χ1) is 8.63. The third-order valence-corrected chi connectivity index (χ3v) is 3.18. The molecular formula is C13H13ClFNO2. The molecule has 2 unspecified atom stereocenters. The van der Waals surface area contributed by atoms with Crippen LogP contribution in [0.25, 0.3) is 0 Å². The molecule has 0 fully saturated rings. The van der Waals surface area contributed by atoms with Gasteiger partial charge in [-0.25, -0.2) is 4.39 Å². The zero-order chi connectivity index (χ0) is 13.1. The van der Waals surface area contributed by atoms with E-state index < -0.39 is 12.0 Å². The average Bonchev–Trinajstić information content (AvgIpc) is 2.76. The molecule has 0 saturated carbocycles. The van der Waals surface area contributed by atoms with E-state index in [4.69, 9.17) is 21.8 Å². The van der Waals surface area contributed by atoms with E-state index >= 15 is 0 Å². The first kappa shape index (κ1) is 13.1. The molecule has 2 rings (SSSR count). The van der Waals surface area contributed by atoms with Crippen LogP contribution in [0.15, 0.2) is 41.0 Å². The van der Waals surface area contributed by atoms with Crippen LogP contribution >= 0.6 is 11.6 Å². The molecule has 0 aliphatic carbocycles. The van der Waals surface area contributed by atoms with Crippen LogP contribution in [-0.2, 0) is 0 Å². The Labute approximate surface area is 109 Å². The van der Waals surface area contributed by atoms with Gasteiger partial charge < -0.3 is 15.3 Å². The summed E-state index contributed by atoms with van der Waals surface area (Å²) in [5, 5.41) is 10.4. The number of aliphatic hydroxyl groups is 1. The predicted molar refractivity (Wildman–Crippen MR) is 66.9 cm³/mol. The van der Waals surface area contributed by atoms with Crippen LogP contribution in [0.5, 0.6) is 0 Å². The average molecular weight is 270 g/mol. The minimum absolute atomic E-state index is 0.123. The van der Waals surface area contributed by atoms with Crippen LogP contribution in [0, 0.1) is 5.82 Å². The van der Waals surface area contributed by atoms with Gasteiger partial charge in [-0.2, -0.15) is 0 Å². The van der Waals surface area contributed by atoms with Crippen LogP contribution in [0.3, 0.4) is 0 Å². The van der Waals surface area contributed by atoms with E-state index in [-0.39, 0.29) is 17.6 Å². The van der Waals surface area contributed by atoms with Crippen LogP contribution in [0.1, 0.15) is 23.1 Å². The van der Waals surface area contributed by atoms with E-state index in [1.807, 2.05) is 0 Å². The molecule has 0 saturated heterocycles. The van der Waals surface area contributed by atoms with Gasteiger partial charge in [-0.3, -0.25) is 0 Å². The van der Waals surface area contributed by atoms with E-state index in [2.05, 4.69) is 0 Å². The number of furan rings is 1. The lowest BCUT2D eigenvalue weighted by atomic mass is 9.90. The topological polar surface area (TPSA) is 59.4 Å². The van der Waals surface area contributed by atoms with Crippen molar-refractivity contribution in [2.45, 2.75) is 12.0 Å². The highest BCUT2D eigenvalue weighted by atomic mass is 35.5. The summed E-state index contributed by atoms with van der Waals surface area (Å²) in [6.45, 7) is 0.173. The first-order valence-electron chi connectivity index (χ1n) is 5.50. The smallest absolute Gasteiger partial charge is 0.198 e. The van der Waals surface area contributed by atoms with E-state index in [0.717, 1.165) is 0 Å². The van der Waals surface area contributed by atoms with E-state index in [1.165, 1.54) is 18.4 Å². The maximum atomic E-state index is 13.2. The van der Waals surface area contributed by atoms with Gasteiger partial charge in [-0.05, 0) is 35.4 Å². The molecule has 0 spiro atoms. The van der Waals surface area contributed by atoms with Gasteiger partial charge in [0, 0.05) is 18.0 Å². The Balaban J connectivity index is 2.32. The Hall–Kier alpha value is -1.36. The second-order valence-electron chi connectivity index (χ2n) is 3.99. The summed E-state index contributed by atoms with van der Waals surface area (Å²) < 4.78 is 18.1. The van der Waals surface area contributed by atoms with Gasteiger partial charge in [0.15, 0.2) is 5.22 Å². The summed E-state index contributed by atoms with van der Waals surface area (Å²) >= 11 is 5.81. The molecule has 3 nitrogen and oxygen atoms in total. The van der Waals surface area contributed by atoms with E-state index in [0.29, 0.717) is 11.1 Å². The minimum Gasteiger partial charge on any atom is -0.453 e. The molecule has 5 heteroatoms. The van der Waals surface area contributed by atoms with Crippen molar-refractivity contribution >= 4 is 11.6 Å². The van der Waals surface area contributed by atoms with Crippen LogP contribution in [0.4, 0.5) is 4.39 Å². The number of halogens is 2. The van der Waals surface area contributed by atoms with Crippen molar-refractivity contribution < 1.29 is 13.9 Å². The van der Waals surface area contributed by atoms with Gasteiger partial charge in [0.1, 0.15) is 5.82 Å². The van der Waals surface area contributed by atoms with E-state index in [1.54, 1.807) is 18.2 Å². The largest absolute Gasteiger partial charge is 0.453 e. The summed E-state index contributed by atoms with van der Waals surface area (Å²) in [5.74, 6) is -0.799. The molecule has 0 aliphatic heterocycles. The molecule has 18 heavy (non-hydrogen) atoms. The van der Waals surface area contributed by atoms with Crippen LogP contribution in [-0.4, -0.2) is 11.7 Å². The van der Waals surface area contributed by atoms with Gasteiger partial charge in [0.2, 0.25) is 0 Å². The minimum atomic E-state index is -0.928. The second kappa shape index (κ2) is 5.52. The number of rotatable bonds is 4. The SMILES string of the molecule is NCC(c1cccc(F)c1)C(O)c1ccoc1Cl. The lowest BCUT2D eigenvalue weighted by Crippen LogP contribution is -2.20. The number of aliphatic hydroxyl groups excluding tert-OH is 1. The molecular weight excluding hydrogens is 257 g/mol. The summed E-state index contributed by atoms with van der Waals surface area (Å²) in [7, 11) is 0. The standard InChI is InChI=1S/C13H13ClFNO2/c14-13-10(4-5-18-13)12(17)11(7-16)8-2-1-3-9(15)6-8/h1-6,11-12,17H,7,16H2. The molecule has 0 bridgehead atoms. The van der Waals surface area contributed by atoms with Crippen molar-refractivity contribution in [2.75, 3.05) is 6.54 Å². The number of hydrogen-bond donors (Lipinski definition) is 2. The molecule has 3 N–H and O–H groups in total. The van der Waals surface area contributed by atoms with Gasteiger partial charge in [-0.1, -0.05) is 12.1 Å². The molecule has 1 heterocycles. The Morgan fingerprint density at radius 2 is 2.17 bits per heavy atom.